The smallest absolute Gasteiger partial charge is 0.217 e. The fraction of sp³-hybridized carbons (Fsp3) is 0.929. The van der Waals surface area contributed by atoms with Gasteiger partial charge in [-0.05, 0) is 0 Å². The lowest BCUT2D eigenvalue weighted by Crippen LogP contribution is -2.66. The number of aliphatic hydroxyl groups is 6. The second-order valence-electron chi connectivity index (χ2n) is 6.16. The highest BCUT2D eigenvalue weighted by Gasteiger charge is 2.47. The molecule has 0 aromatic heterocycles. The van der Waals surface area contributed by atoms with E-state index in [4.69, 9.17) is 26.0 Å². The van der Waals surface area contributed by atoms with Crippen molar-refractivity contribution < 1.29 is 44.9 Å². The first-order chi connectivity index (χ1) is 12.2. The minimum absolute atomic E-state index is 0.306. The molecule has 0 aromatic carbocycles. The molecule has 0 radical (unpaired) electrons. The van der Waals surface area contributed by atoms with Gasteiger partial charge >= 0.3 is 0 Å². The van der Waals surface area contributed by atoms with Crippen molar-refractivity contribution in [3.63, 3.8) is 0 Å². The zero-order valence-electron chi connectivity index (χ0n) is 14.4. The number of carbonyl (C=O) groups is 1. The van der Waals surface area contributed by atoms with E-state index < -0.39 is 74.1 Å². The number of nitrogens with two attached hydrogens (primary N) is 2. The van der Waals surface area contributed by atoms with Gasteiger partial charge in [0.15, 0.2) is 6.29 Å². The van der Waals surface area contributed by atoms with E-state index in [-0.39, 0.29) is 6.54 Å². The van der Waals surface area contributed by atoms with Crippen LogP contribution in [0.25, 0.3) is 0 Å². The summed E-state index contributed by atoms with van der Waals surface area (Å²) in [5.74, 6) is -0.507. The highest BCUT2D eigenvalue weighted by molar-refractivity contribution is 5.73. The van der Waals surface area contributed by atoms with E-state index in [0.29, 0.717) is 0 Å². The number of ether oxygens (including phenoxy) is 2. The molecule has 12 heteroatoms. The molecule has 9 atom stereocenters. The van der Waals surface area contributed by atoms with Gasteiger partial charge in [0.1, 0.15) is 24.4 Å². The lowest BCUT2D eigenvalue weighted by Gasteiger charge is -2.44. The Bertz CT molecular complexity index is 442. The summed E-state index contributed by atoms with van der Waals surface area (Å²) in [6, 6.07) is -2.38. The van der Waals surface area contributed by atoms with Gasteiger partial charge < -0.3 is 56.9 Å². The topological polar surface area (TPSA) is 221 Å². The van der Waals surface area contributed by atoms with Crippen LogP contribution >= 0.6 is 0 Å². The maximum atomic E-state index is 11.2. The SMILES string of the molecule is CC(=O)NC1C(CO)OC(O[C@@H]([C@H](N)[C@H](O)CO)[C@@H](O)CN)C(O)C1O. The number of amides is 1. The lowest BCUT2D eigenvalue weighted by atomic mass is 9.95. The van der Waals surface area contributed by atoms with Crippen molar-refractivity contribution in [3.8, 4) is 0 Å². The molecule has 1 aliphatic rings. The zero-order chi connectivity index (χ0) is 20.0. The quantitative estimate of drug-likeness (QED) is 0.182. The van der Waals surface area contributed by atoms with E-state index in [1.54, 1.807) is 0 Å². The maximum Gasteiger partial charge on any atom is 0.217 e. The van der Waals surface area contributed by atoms with Crippen LogP contribution in [0.15, 0.2) is 0 Å². The molecule has 1 fully saturated rings. The normalized spacial score (nSPS) is 34.0. The molecule has 1 aliphatic heterocycles. The summed E-state index contributed by atoms with van der Waals surface area (Å²) in [5, 5.41) is 60.9. The zero-order valence-corrected chi connectivity index (χ0v) is 14.4. The third kappa shape index (κ3) is 5.53. The summed E-state index contributed by atoms with van der Waals surface area (Å²) in [5.41, 5.74) is 11.1. The Hall–Kier alpha value is -0.930. The standard InChI is InChI=1S/C14H29N3O9/c1-5(20)17-10-8(4-19)25-14(12(24)11(10)23)26-13(6(21)2-15)9(16)7(22)3-18/h6-14,18-19,21-24H,2-4,15-16H2,1H3,(H,17,20)/t6-,7+,8?,9+,10?,11?,12?,13+,14?/m0/s1. The molecular weight excluding hydrogens is 354 g/mol. The fourth-order valence-corrected chi connectivity index (χ4v) is 2.68. The van der Waals surface area contributed by atoms with Gasteiger partial charge in [0.2, 0.25) is 5.91 Å². The summed E-state index contributed by atoms with van der Waals surface area (Å²) in [4.78, 5) is 11.2. The Labute approximate surface area is 150 Å². The second kappa shape index (κ2) is 10.4. The van der Waals surface area contributed by atoms with Crippen LogP contribution < -0.4 is 16.8 Å². The predicted molar refractivity (Wildman–Crippen MR) is 86.4 cm³/mol. The molecule has 0 aromatic rings. The number of hydrogen-bond acceptors (Lipinski definition) is 11. The Kier molecular flexibility index (Phi) is 9.26. The molecule has 5 unspecified atom stereocenters. The van der Waals surface area contributed by atoms with Crippen LogP contribution in [0.4, 0.5) is 0 Å². The van der Waals surface area contributed by atoms with Crippen molar-refractivity contribution in [1.29, 1.82) is 0 Å². The van der Waals surface area contributed by atoms with Gasteiger partial charge in [-0.25, -0.2) is 0 Å². The molecule has 12 nitrogen and oxygen atoms in total. The molecule has 11 N–H and O–H groups in total. The van der Waals surface area contributed by atoms with E-state index in [0.717, 1.165) is 0 Å². The van der Waals surface area contributed by atoms with E-state index in [1.165, 1.54) is 6.92 Å². The lowest BCUT2D eigenvalue weighted by molar-refractivity contribution is -0.302. The largest absolute Gasteiger partial charge is 0.394 e. The number of hydrogen-bond donors (Lipinski definition) is 9. The van der Waals surface area contributed by atoms with E-state index in [9.17, 15) is 30.3 Å². The first-order valence-corrected chi connectivity index (χ1v) is 8.15. The Morgan fingerprint density at radius 1 is 1.23 bits per heavy atom. The van der Waals surface area contributed by atoms with Crippen LogP contribution in [0, 0.1) is 0 Å². The van der Waals surface area contributed by atoms with Crippen LogP contribution in [-0.2, 0) is 14.3 Å². The highest BCUT2D eigenvalue weighted by Crippen LogP contribution is 2.24. The molecule has 0 saturated carbocycles. The first-order valence-electron chi connectivity index (χ1n) is 8.15. The van der Waals surface area contributed by atoms with Crippen molar-refractivity contribution in [2.75, 3.05) is 19.8 Å². The average molecular weight is 383 g/mol. The van der Waals surface area contributed by atoms with Crippen molar-refractivity contribution in [1.82, 2.24) is 5.32 Å². The molecule has 1 amide bonds. The average Bonchev–Trinajstić information content (AvgIpc) is 2.62. The summed E-state index contributed by atoms with van der Waals surface area (Å²) < 4.78 is 10.8. The summed E-state index contributed by atoms with van der Waals surface area (Å²) in [6.07, 6.45) is -10.1. The number of aliphatic hydroxyl groups excluding tert-OH is 6. The second-order valence-corrected chi connectivity index (χ2v) is 6.16. The number of nitrogens with one attached hydrogen (secondary N) is 1. The van der Waals surface area contributed by atoms with Crippen molar-refractivity contribution >= 4 is 5.91 Å². The predicted octanol–water partition coefficient (Wildman–Crippen LogP) is -5.68. The third-order valence-electron chi connectivity index (χ3n) is 4.18. The molecule has 1 heterocycles. The van der Waals surface area contributed by atoms with Gasteiger partial charge in [0.25, 0.3) is 0 Å². The monoisotopic (exact) mass is 383 g/mol. The van der Waals surface area contributed by atoms with Gasteiger partial charge in [-0.15, -0.1) is 0 Å². The van der Waals surface area contributed by atoms with Crippen LogP contribution in [-0.4, -0.2) is 111 Å². The highest BCUT2D eigenvalue weighted by atomic mass is 16.7. The number of carbonyl (C=O) groups excluding carboxylic acids is 1. The molecule has 0 bridgehead atoms. The maximum absolute atomic E-state index is 11.2. The molecule has 1 rings (SSSR count). The Balaban J connectivity index is 2.96. The summed E-state index contributed by atoms with van der Waals surface area (Å²) >= 11 is 0. The van der Waals surface area contributed by atoms with Gasteiger partial charge in [-0.1, -0.05) is 0 Å². The van der Waals surface area contributed by atoms with Gasteiger partial charge in [0.05, 0.1) is 37.5 Å². The number of rotatable bonds is 9. The van der Waals surface area contributed by atoms with Gasteiger partial charge in [-0.3, -0.25) is 4.79 Å². The van der Waals surface area contributed by atoms with Crippen LogP contribution in [0.5, 0.6) is 0 Å². The minimum atomic E-state index is -1.67. The minimum Gasteiger partial charge on any atom is -0.394 e. The van der Waals surface area contributed by atoms with Crippen LogP contribution in [0.1, 0.15) is 6.92 Å². The summed E-state index contributed by atoms with van der Waals surface area (Å²) in [7, 11) is 0. The van der Waals surface area contributed by atoms with Gasteiger partial charge in [0, 0.05) is 13.5 Å². The van der Waals surface area contributed by atoms with E-state index in [1.807, 2.05) is 0 Å². The Morgan fingerprint density at radius 2 is 1.85 bits per heavy atom. The van der Waals surface area contributed by atoms with E-state index >= 15 is 0 Å². The first kappa shape index (κ1) is 23.1. The fourth-order valence-electron chi connectivity index (χ4n) is 2.68. The van der Waals surface area contributed by atoms with Crippen molar-refractivity contribution in [2.24, 2.45) is 11.5 Å². The van der Waals surface area contributed by atoms with Crippen molar-refractivity contribution in [3.05, 3.63) is 0 Å². The molecule has 0 aliphatic carbocycles. The summed E-state index contributed by atoms with van der Waals surface area (Å²) in [6.45, 7) is -0.429. The van der Waals surface area contributed by atoms with Crippen LogP contribution in [0.3, 0.4) is 0 Å². The molecule has 1 saturated heterocycles. The Morgan fingerprint density at radius 3 is 2.31 bits per heavy atom. The molecular formula is C14H29N3O9. The molecule has 0 spiro atoms. The van der Waals surface area contributed by atoms with Crippen LogP contribution in [0.2, 0.25) is 0 Å². The van der Waals surface area contributed by atoms with Gasteiger partial charge in [-0.2, -0.15) is 0 Å². The van der Waals surface area contributed by atoms with Crippen molar-refractivity contribution in [2.45, 2.75) is 61.9 Å². The molecule has 154 valence electrons. The van der Waals surface area contributed by atoms with E-state index in [2.05, 4.69) is 5.32 Å². The third-order valence-corrected chi connectivity index (χ3v) is 4.18. The molecule has 26 heavy (non-hydrogen) atoms.